The van der Waals surface area contributed by atoms with Crippen molar-refractivity contribution in [3.05, 3.63) is 48.5 Å². The molecule has 6 nitrogen and oxygen atoms in total. The third kappa shape index (κ3) is 4.43. The normalized spacial score (nSPS) is 11.0. The van der Waals surface area contributed by atoms with E-state index < -0.39 is 10.0 Å². The first-order chi connectivity index (χ1) is 11.9. The fourth-order valence-corrected chi connectivity index (χ4v) is 3.63. The highest BCUT2D eigenvalue weighted by atomic mass is 35.5. The fourth-order valence-electron chi connectivity index (χ4n) is 2.24. The van der Waals surface area contributed by atoms with Crippen LogP contribution in [-0.4, -0.2) is 34.3 Å². The number of benzene rings is 2. The van der Waals surface area contributed by atoms with Gasteiger partial charge in [-0.25, -0.2) is 8.42 Å². The molecule has 0 bridgehead atoms. The van der Waals surface area contributed by atoms with Gasteiger partial charge in [-0.05, 0) is 30.3 Å². The van der Waals surface area contributed by atoms with Crippen molar-refractivity contribution in [3.8, 4) is 0 Å². The van der Waals surface area contributed by atoms with Crippen molar-refractivity contribution in [2.75, 3.05) is 34.9 Å². The van der Waals surface area contributed by atoms with E-state index in [1.54, 1.807) is 37.4 Å². The Kier molecular flexibility index (Phi) is 6.27. The number of sulfonamides is 1. The van der Waals surface area contributed by atoms with Gasteiger partial charge in [-0.2, -0.15) is 0 Å². The van der Waals surface area contributed by atoms with E-state index in [1.807, 2.05) is 6.07 Å². The van der Waals surface area contributed by atoms with Crippen LogP contribution in [0.2, 0.25) is 0 Å². The summed E-state index contributed by atoms with van der Waals surface area (Å²) in [4.78, 5) is 11.9. The molecule has 2 rings (SSSR count). The van der Waals surface area contributed by atoms with E-state index in [9.17, 15) is 13.2 Å². The molecule has 25 heavy (non-hydrogen) atoms. The maximum atomic E-state index is 12.9. The number of anilines is 3. The molecule has 0 saturated heterocycles. The third-order valence-electron chi connectivity index (χ3n) is 3.63. The van der Waals surface area contributed by atoms with Crippen LogP contribution in [0.25, 0.3) is 0 Å². The number of para-hydroxylation sites is 1. The molecule has 0 spiro atoms. The molecule has 0 radical (unpaired) electrons. The molecule has 0 atom stereocenters. The van der Waals surface area contributed by atoms with Crippen molar-refractivity contribution in [2.45, 2.75) is 11.3 Å². The average molecular weight is 382 g/mol. The summed E-state index contributed by atoms with van der Waals surface area (Å²) in [6.07, 6.45) is 0.144. The molecule has 0 fully saturated rings. The lowest BCUT2D eigenvalue weighted by molar-refractivity contribution is -0.115. The smallest absolute Gasteiger partial charge is 0.264 e. The van der Waals surface area contributed by atoms with Crippen LogP contribution in [-0.2, 0) is 14.8 Å². The lowest BCUT2D eigenvalue weighted by atomic mass is 10.2. The Morgan fingerprint density at radius 1 is 1.12 bits per heavy atom. The van der Waals surface area contributed by atoms with Crippen molar-refractivity contribution >= 4 is 44.6 Å². The first-order valence-corrected chi connectivity index (χ1v) is 9.59. The van der Waals surface area contributed by atoms with E-state index in [0.717, 1.165) is 0 Å². The summed E-state index contributed by atoms with van der Waals surface area (Å²) < 4.78 is 26.9. The summed E-state index contributed by atoms with van der Waals surface area (Å²) in [5, 5.41) is 5.61. The highest BCUT2D eigenvalue weighted by Crippen LogP contribution is 2.28. The second kappa shape index (κ2) is 8.22. The lowest BCUT2D eigenvalue weighted by Crippen LogP contribution is -2.26. The van der Waals surface area contributed by atoms with Gasteiger partial charge in [0.05, 0.1) is 22.0 Å². The minimum Gasteiger partial charge on any atom is -0.386 e. The molecule has 8 heteroatoms. The van der Waals surface area contributed by atoms with Crippen LogP contribution >= 0.6 is 11.6 Å². The van der Waals surface area contributed by atoms with E-state index in [0.29, 0.717) is 17.1 Å². The second-order valence-electron chi connectivity index (χ2n) is 5.25. The van der Waals surface area contributed by atoms with Gasteiger partial charge in [0.2, 0.25) is 5.91 Å². The molecule has 0 aliphatic carbocycles. The topological polar surface area (TPSA) is 78.5 Å². The Morgan fingerprint density at radius 2 is 1.80 bits per heavy atom. The van der Waals surface area contributed by atoms with Gasteiger partial charge in [-0.15, -0.1) is 11.6 Å². The maximum absolute atomic E-state index is 12.9. The summed E-state index contributed by atoms with van der Waals surface area (Å²) in [5.41, 5.74) is 1.55. The Bertz CT molecular complexity index is 841. The van der Waals surface area contributed by atoms with Gasteiger partial charge in [0.25, 0.3) is 10.0 Å². The number of carbonyl (C=O) groups is 1. The van der Waals surface area contributed by atoms with Crippen LogP contribution in [0.5, 0.6) is 0 Å². The van der Waals surface area contributed by atoms with Crippen LogP contribution < -0.4 is 14.9 Å². The molecule has 0 aliphatic rings. The number of amides is 1. The molecule has 0 heterocycles. The van der Waals surface area contributed by atoms with Crippen molar-refractivity contribution in [1.29, 1.82) is 0 Å². The summed E-state index contributed by atoms with van der Waals surface area (Å²) >= 11 is 5.57. The van der Waals surface area contributed by atoms with Crippen LogP contribution in [0.4, 0.5) is 17.1 Å². The minimum absolute atomic E-state index is 0.0824. The zero-order valence-corrected chi connectivity index (χ0v) is 15.6. The molecule has 2 aromatic rings. The average Bonchev–Trinajstić information content (AvgIpc) is 2.61. The number of halogens is 1. The van der Waals surface area contributed by atoms with E-state index in [1.165, 1.54) is 23.5 Å². The van der Waals surface area contributed by atoms with Crippen LogP contribution in [0.3, 0.4) is 0 Å². The minimum atomic E-state index is -3.76. The summed E-state index contributed by atoms with van der Waals surface area (Å²) in [6.45, 7) is 0. The Labute approximate surface area is 152 Å². The van der Waals surface area contributed by atoms with Crippen LogP contribution in [0.15, 0.2) is 53.4 Å². The molecule has 2 aromatic carbocycles. The highest BCUT2D eigenvalue weighted by Gasteiger charge is 2.22. The summed E-state index contributed by atoms with van der Waals surface area (Å²) in [7, 11) is -0.580. The molecule has 2 N–H and O–H groups in total. The Hall–Kier alpha value is -2.25. The number of carbonyl (C=O) groups excluding carboxylic acids is 1. The van der Waals surface area contributed by atoms with Gasteiger partial charge in [0.1, 0.15) is 0 Å². The van der Waals surface area contributed by atoms with E-state index >= 15 is 0 Å². The van der Waals surface area contributed by atoms with E-state index in [4.69, 9.17) is 11.6 Å². The Morgan fingerprint density at radius 3 is 2.40 bits per heavy atom. The van der Waals surface area contributed by atoms with E-state index in [-0.39, 0.29) is 23.1 Å². The molecular weight excluding hydrogens is 362 g/mol. The first kappa shape index (κ1) is 19.1. The van der Waals surface area contributed by atoms with Gasteiger partial charge in [-0.3, -0.25) is 9.10 Å². The summed E-state index contributed by atoms with van der Waals surface area (Å²) in [5.74, 6) is -0.0902. The van der Waals surface area contributed by atoms with Crippen LogP contribution in [0, 0.1) is 0 Å². The number of nitrogens with zero attached hydrogens (tertiary/aromatic N) is 1. The molecule has 0 aliphatic heterocycles. The second-order valence-corrected chi connectivity index (χ2v) is 7.60. The predicted molar refractivity (Wildman–Crippen MR) is 102 cm³/mol. The number of hydrogen-bond donors (Lipinski definition) is 2. The van der Waals surface area contributed by atoms with Gasteiger partial charge in [-0.1, -0.05) is 18.2 Å². The molecule has 134 valence electrons. The number of alkyl halides is 1. The molecule has 1 amide bonds. The zero-order valence-electron chi connectivity index (χ0n) is 14.0. The Balaban J connectivity index is 2.39. The molecule has 0 unspecified atom stereocenters. The standard InChI is InChI=1S/C17H20ClN3O3S/c1-19-15-9-8-14(12-16(15)20-17(22)10-11-18)25(23,24)21(2)13-6-4-3-5-7-13/h3-9,12,19H,10-11H2,1-2H3,(H,20,22). The lowest BCUT2D eigenvalue weighted by Gasteiger charge is -2.20. The molecule has 0 saturated carbocycles. The SMILES string of the molecule is CNc1ccc(S(=O)(=O)N(C)c2ccccc2)cc1NC(=O)CCCl. The maximum Gasteiger partial charge on any atom is 0.264 e. The monoisotopic (exact) mass is 381 g/mol. The number of rotatable bonds is 7. The third-order valence-corrected chi connectivity index (χ3v) is 5.60. The van der Waals surface area contributed by atoms with Crippen LogP contribution in [0.1, 0.15) is 6.42 Å². The quantitative estimate of drug-likeness (QED) is 0.722. The molecular formula is C17H20ClN3O3S. The largest absolute Gasteiger partial charge is 0.386 e. The zero-order chi connectivity index (χ0) is 18.4. The van der Waals surface area contributed by atoms with Gasteiger partial charge >= 0.3 is 0 Å². The summed E-state index contributed by atoms with van der Waals surface area (Å²) in [6, 6.07) is 13.3. The van der Waals surface area contributed by atoms with E-state index in [2.05, 4.69) is 10.6 Å². The van der Waals surface area contributed by atoms with Crippen molar-refractivity contribution in [3.63, 3.8) is 0 Å². The predicted octanol–water partition coefficient (Wildman–Crippen LogP) is 3.12. The number of hydrogen-bond acceptors (Lipinski definition) is 4. The van der Waals surface area contributed by atoms with Gasteiger partial charge in [0.15, 0.2) is 0 Å². The first-order valence-electron chi connectivity index (χ1n) is 7.61. The number of nitrogens with one attached hydrogen (secondary N) is 2. The van der Waals surface area contributed by atoms with Crippen molar-refractivity contribution in [1.82, 2.24) is 0 Å². The fraction of sp³-hybridized carbons (Fsp3) is 0.235. The van der Waals surface area contributed by atoms with Crippen molar-refractivity contribution in [2.24, 2.45) is 0 Å². The molecule has 0 aromatic heterocycles. The highest BCUT2D eigenvalue weighted by molar-refractivity contribution is 7.92. The van der Waals surface area contributed by atoms with Gasteiger partial charge < -0.3 is 10.6 Å². The van der Waals surface area contributed by atoms with Gasteiger partial charge in [0, 0.05) is 26.4 Å². The van der Waals surface area contributed by atoms with Crippen molar-refractivity contribution < 1.29 is 13.2 Å².